The van der Waals surface area contributed by atoms with Gasteiger partial charge in [-0.15, -0.1) is 0 Å². The molecule has 0 saturated heterocycles. The lowest BCUT2D eigenvalue weighted by atomic mass is 10.0. The molecule has 1 rings (SSSR count). The molecule has 0 aliphatic carbocycles. The van der Waals surface area contributed by atoms with Crippen LogP contribution >= 0.6 is 12.2 Å². The highest BCUT2D eigenvalue weighted by molar-refractivity contribution is 7.71. The fraction of sp³-hybridized carbons (Fsp3) is 0.692. The Hall–Kier alpha value is -0.740. The maximum Gasteiger partial charge on any atom is 0.220 e. The second-order valence-electron chi connectivity index (χ2n) is 4.77. The van der Waals surface area contributed by atoms with Crippen LogP contribution in [0.4, 0.5) is 5.69 Å². The highest BCUT2D eigenvalue weighted by Crippen LogP contribution is 2.20. The summed E-state index contributed by atoms with van der Waals surface area (Å²) >= 11 is 5.05. The van der Waals surface area contributed by atoms with E-state index in [1.165, 1.54) is 0 Å². The molecule has 0 aliphatic rings. The van der Waals surface area contributed by atoms with Gasteiger partial charge in [-0.1, -0.05) is 19.1 Å². The Bertz CT molecular complexity index is 433. The molecule has 0 heterocycles. The van der Waals surface area contributed by atoms with Crippen LogP contribution in [0.25, 0.3) is 0 Å². The van der Waals surface area contributed by atoms with Gasteiger partial charge < -0.3 is 9.80 Å². The molecular weight excluding hydrogens is 232 g/mol. The lowest BCUT2D eigenvalue weighted by Crippen LogP contribution is -2.31. The van der Waals surface area contributed by atoms with Crippen LogP contribution in [-0.2, 0) is 6.42 Å². The van der Waals surface area contributed by atoms with Crippen molar-refractivity contribution in [2.24, 2.45) is 0 Å². The third-order valence-electron chi connectivity index (χ3n) is 3.07. The molecule has 0 unspecified atom stereocenters. The molecule has 1 aromatic carbocycles. The molecular formula is C13H22N2OS. The van der Waals surface area contributed by atoms with E-state index in [2.05, 4.69) is 23.9 Å². The molecule has 0 aromatic heterocycles. The van der Waals surface area contributed by atoms with Gasteiger partial charge in [-0.3, -0.25) is 4.79 Å². The van der Waals surface area contributed by atoms with Crippen molar-refractivity contribution in [3.63, 3.8) is 0 Å². The third-order valence-corrected chi connectivity index (χ3v) is 3.50. The normalized spacial score (nSPS) is 11.4. The molecule has 3 nitrogen and oxygen atoms in total. The highest BCUT2D eigenvalue weighted by Gasteiger charge is 2.18. The van der Waals surface area contributed by atoms with E-state index in [-0.39, 0.29) is 5.43 Å². The second-order valence-corrected chi connectivity index (χ2v) is 5.18. The first-order valence-corrected chi connectivity index (χ1v) is 6.57. The van der Waals surface area contributed by atoms with Crippen LogP contribution in [-0.4, -0.2) is 39.1 Å². The van der Waals surface area contributed by atoms with Crippen LogP contribution in [0.2, 0.25) is 0 Å². The second kappa shape index (κ2) is 6.26. The molecule has 0 N–H and O–H groups in total. The van der Waals surface area contributed by atoms with Gasteiger partial charge in [0.2, 0.25) is 5.43 Å². The van der Waals surface area contributed by atoms with E-state index in [1.54, 1.807) is 0 Å². The van der Waals surface area contributed by atoms with E-state index >= 15 is 0 Å². The van der Waals surface area contributed by atoms with Gasteiger partial charge in [0.1, 0.15) is 0 Å². The lowest BCUT2D eigenvalue weighted by Gasteiger charge is -2.24. The average Bonchev–Trinajstić information content (AvgIpc) is 2.29. The Morgan fingerprint density at radius 1 is 1.12 bits per heavy atom. The van der Waals surface area contributed by atoms with Crippen molar-refractivity contribution < 1.29 is 0 Å². The summed E-state index contributed by atoms with van der Waals surface area (Å²) in [6.07, 6.45) is 3.13. The fourth-order valence-electron chi connectivity index (χ4n) is 2.05. The molecule has 0 amide bonds. The summed E-state index contributed by atoms with van der Waals surface area (Å²) in [5.41, 5.74) is 1.98. The van der Waals surface area contributed by atoms with E-state index in [4.69, 9.17) is 12.2 Å². The number of unbranched alkanes of at least 4 members (excludes halogenated alkanes) is 1. The quantitative estimate of drug-likeness (QED) is 0.548. The number of rotatable bonds is 7. The number of anilines is 1. The lowest BCUT2D eigenvalue weighted by molar-refractivity contribution is 0.395. The molecule has 1 aromatic rings. The largest absolute Gasteiger partial charge is 0.371 e. The van der Waals surface area contributed by atoms with Gasteiger partial charge in [0.25, 0.3) is 0 Å². The van der Waals surface area contributed by atoms with Crippen molar-refractivity contribution in [2.45, 2.75) is 26.2 Å². The third kappa shape index (κ3) is 3.36. The van der Waals surface area contributed by atoms with Crippen LogP contribution in [0, 0.1) is 4.51 Å². The molecule has 0 bridgehead atoms. The van der Waals surface area contributed by atoms with Crippen molar-refractivity contribution in [3.8, 4) is 0 Å². The summed E-state index contributed by atoms with van der Waals surface area (Å²) < 4.78 is 0.544. The minimum atomic E-state index is 0.0620. The van der Waals surface area contributed by atoms with Crippen LogP contribution in [0.15, 0.2) is 4.79 Å². The zero-order chi connectivity index (χ0) is 13.0. The molecule has 0 fully saturated rings. The van der Waals surface area contributed by atoms with Gasteiger partial charge in [0.15, 0.2) is 0 Å². The maximum absolute atomic E-state index is 11.7. The van der Waals surface area contributed by atoms with Crippen molar-refractivity contribution in [2.75, 3.05) is 39.1 Å². The van der Waals surface area contributed by atoms with Crippen LogP contribution < -0.4 is 10.3 Å². The Labute approximate surface area is 109 Å². The van der Waals surface area contributed by atoms with E-state index in [0.717, 1.165) is 43.6 Å². The smallest absolute Gasteiger partial charge is 0.220 e. The molecule has 0 saturated carbocycles. The summed E-state index contributed by atoms with van der Waals surface area (Å²) in [4.78, 5) is 15.9. The summed E-state index contributed by atoms with van der Waals surface area (Å²) in [6, 6.07) is 0. The Morgan fingerprint density at radius 2 is 1.71 bits per heavy atom. The van der Waals surface area contributed by atoms with E-state index < -0.39 is 0 Å². The number of hydrogen-bond acceptors (Lipinski definition) is 4. The zero-order valence-electron chi connectivity index (χ0n) is 11.2. The number of nitrogens with zero attached hydrogens (tertiary/aromatic N) is 2. The van der Waals surface area contributed by atoms with E-state index in [9.17, 15) is 4.79 Å². The first kappa shape index (κ1) is 14.3. The maximum atomic E-state index is 11.7. The van der Waals surface area contributed by atoms with Gasteiger partial charge in [-0.2, -0.15) is 0 Å². The Balaban J connectivity index is 2.48. The molecule has 0 spiro atoms. The van der Waals surface area contributed by atoms with Crippen LogP contribution in [0.3, 0.4) is 0 Å². The van der Waals surface area contributed by atoms with Gasteiger partial charge in [-0.25, -0.2) is 0 Å². The monoisotopic (exact) mass is 254 g/mol. The molecule has 17 heavy (non-hydrogen) atoms. The minimum absolute atomic E-state index is 0.0620. The van der Waals surface area contributed by atoms with Crippen LogP contribution in [0.5, 0.6) is 0 Å². The number of hydrogen-bond donors (Lipinski definition) is 0. The van der Waals surface area contributed by atoms with Gasteiger partial charge in [0, 0.05) is 19.2 Å². The zero-order valence-corrected chi connectivity index (χ0v) is 12.1. The Kier molecular flexibility index (Phi) is 5.28. The highest BCUT2D eigenvalue weighted by atomic mass is 32.1. The van der Waals surface area contributed by atoms with Gasteiger partial charge >= 0.3 is 0 Å². The van der Waals surface area contributed by atoms with Crippen molar-refractivity contribution in [3.05, 3.63) is 20.3 Å². The predicted octanol–water partition coefficient (Wildman–Crippen LogP) is 1.99. The van der Waals surface area contributed by atoms with Crippen molar-refractivity contribution in [1.29, 1.82) is 0 Å². The predicted molar refractivity (Wildman–Crippen MR) is 76.4 cm³/mol. The van der Waals surface area contributed by atoms with Crippen molar-refractivity contribution >= 4 is 17.9 Å². The average molecular weight is 254 g/mol. The molecule has 0 radical (unpaired) electrons. The van der Waals surface area contributed by atoms with Gasteiger partial charge in [-0.05, 0) is 39.9 Å². The summed E-state index contributed by atoms with van der Waals surface area (Å²) in [5.74, 6) is 0. The standard InChI is InChI=1S/C13H22N2OS/c1-5-10-11(12(16)13(10)17)15(4)9-7-6-8-14(2)3/h5-9H2,1-4H3. The Morgan fingerprint density at radius 3 is 2.24 bits per heavy atom. The van der Waals surface area contributed by atoms with Crippen LogP contribution in [0.1, 0.15) is 25.3 Å². The topological polar surface area (TPSA) is 23.6 Å². The molecule has 4 heteroatoms. The van der Waals surface area contributed by atoms with E-state index in [1.807, 2.05) is 14.0 Å². The first-order chi connectivity index (χ1) is 7.99. The van der Waals surface area contributed by atoms with Gasteiger partial charge in [0.05, 0.1) is 10.2 Å². The minimum Gasteiger partial charge on any atom is -0.371 e. The molecule has 96 valence electrons. The SMILES string of the molecule is CCc1c(N(C)CCCCN(C)C)c(=O)c1=S. The summed E-state index contributed by atoms with van der Waals surface area (Å²) in [5, 5.41) is 0. The summed E-state index contributed by atoms with van der Waals surface area (Å²) in [6.45, 7) is 4.08. The van der Waals surface area contributed by atoms with Crippen molar-refractivity contribution in [1.82, 2.24) is 4.90 Å². The first-order valence-electron chi connectivity index (χ1n) is 6.17. The van der Waals surface area contributed by atoms with E-state index in [0.29, 0.717) is 4.51 Å². The fourth-order valence-corrected chi connectivity index (χ4v) is 2.38. The molecule has 0 atom stereocenters. The molecule has 0 aliphatic heterocycles. The summed E-state index contributed by atoms with van der Waals surface area (Å²) in [7, 11) is 6.14.